The van der Waals surface area contributed by atoms with E-state index in [1.54, 1.807) is 29.3 Å². The van der Waals surface area contributed by atoms with Gasteiger partial charge in [0.25, 0.3) is 0 Å². The lowest BCUT2D eigenvalue weighted by Gasteiger charge is -2.04. The van der Waals surface area contributed by atoms with E-state index in [4.69, 9.17) is 5.73 Å². The lowest BCUT2D eigenvalue weighted by molar-refractivity contribution is 0.563. The van der Waals surface area contributed by atoms with E-state index in [1.165, 1.54) is 12.8 Å². The van der Waals surface area contributed by atoms with Crippen LogP contribution in [0.25, 0.3) is 16.9 Å². The molecule has 130 valence electrons. The molecule has 3 N–H and O–H groups in total. The van der Waals surface area contributed by atoms with E-state index in [2.05, 4.69) is 35.7 Å². The minimum Gasteiger partial charge on any atom is -0.384 e. The highest BCUT2D eigenvalue weighted by Gasteiger charge is 2.22. The Morgan fingerprint density at radius 1 is 1.15 bits per heavy atom. The molecule has 0 radical (unpaired) electrons. The van der Waals surface area contributed by atoms with Crippen LogP contribution in [-0.2, 0) is 6.54 Å². The number of nitrogen functional groups attached to an aromatic ring is 1. The third-order valence-electron chi connectivity index (χ3n) is 4.24. The monoisotopic (exact) mass is 348 g/mol. The van der Waals surface area contributed by atoms with Crippen LogP contribution in [0, 0.1) is 5.92 Å². The molecule has 0 aromatic carbocycles. The van der Waals surface area contributed by atoms with Crippen molar-refractivity contribution in [3.05, 3.63) is 36.9 Å². The maximum Gasteiger partial charge on any atom is 0.229 e. The maximum absolute atomic E-state index is 5.64. The average molecular weight is 348 g/mol. The Kier molecular flexibility index (Phi) is 3.27. The van der Waals surface area contributed by atoms with Crippen molar-refractivity contribution in [2.24, 2.45) is 5.92 Å². The molecule has 4 heterocycles. The minimum atomic E-state index is 0.443. The van der Waals surface area contributed by atoms with E-state index in [1.807, 2.05) is 16.9 Å². The predicted octanol–water partition coefficient (Wildman–Crippen LogP) is 1.54. The summed E-state index contributed by atoms with van der Waals surface area (Å²) >= 11 is 0. The van der Waals surface area contributed by atoms with Crippen molar-refractivity contribution in [3.8, 4) is 5.69 Å². The van der Waals surface area contributed by atoms with Crippen molar-refractivity contribution in [3.63, 3.8) is 0 Å². The zero-order valence-electron chi connectivity index (χ0n) is 13.8. The molecule has 0 spiro atoms. The van der Waals surface area contributed by atoms with Gasteiger partial charge in [0, 0.05) is 12.7 Å². The molecule has 1 aliphatic rings. The predicted molar refractivity (Wildman–Crippen MR) is 94.9 cm³/mol. The third kappa shape index (κ3) is 2.81. The largest absolute Gasteiger partial charge is 0.384 e. The first kappa shape index (κ1) is 14.8. The molecule has 0 amide bonds. The topological polar surface area (TPSA) is 125 Å². The van der Waals surface area contributed by atoms with Gasteiger partial charge >= 0.3 is 0 Å². The first-order valence-electron chi connectivity index (χ1n) is 8.34. The summed E-state index contributed by atoms with van der Waals surface area (Å²) in [5, 5.41) is 15.8. The van der Waals surface area contributed by atoms with Crippen molar-refractivity contribution >= 4 is 28.6 Å². The van der Waals surface area contributed by atoms with Gasteiger partial charge in [0.1, 0.15) is 5.82 Å². The number of hydrogen-bond acceptors (Lipinski definition) is 8. The lowest BCUT2D eigenvalue weighted by Crippen LogP contribution is -2.02. The molecule has 10 heteroatoms. The summed E-state index contributed by atoms with van der Waals surface area (Å²) < 4.78 is 3.55. The molecule has 1 aliphatic carbocycles. The van der Waals surface area contributed by atoms with Crippen LogP contribution in [-0.4, -0.2) is 39.7 Å². The number of nitrogens with zero attached hydrogens (tertiary/aromatic N) is 8. The number of pyridine rings is 1. The second kappa shape index (κ2) is 5.76. The smallest absolute Gasteiger partial charge is 0.229 e. The van der Waals surface area contributed by atoms with Crippen molar-refractivity contribution in [2.75, 3.05) is 11.1 Å². The highest BCUT2D eigenvalue weighted by Crippen LogP contribution is 2.30. The summed E-state index contributed by atoms with van der Waals surface area (Å²) in [5.74, 6) is 1.66. The molecule has 1 saturated carbocycles. The number of anilines is 3. The van der Waals surface area contributed by atoms with Gasteiger partial charge in [-0.15, -0.1) is 5.10 Å². The number of nitrogens with two attached hydrogens (primary N) is 1. The number of aromatic nitrogens is 8. The van der Waals surface area contributed by atoms with Crippen LogP contribution in [0.2, 0.25) is 0 Å². The Hall–Kier alpha value is -3.56. The summed E-state index contributed by atoms with van der Waals surface area (Å²) in [6.07, 6.45) is 9.58. The van der Waals surface area contributed by atoms with Gasteiger partial charge in [0.2, 0.25) is 5.95 Å². The summed E-state index contributed by atoms with van der Waals surface area (Å²) in [7, 11) is 0. The molecule has 4 aromatic rings. The average Bonchev–Trinajstić information content (AvgIpc) is 3.19. The zero-order valence-corrected chi connectivity index (χ0v) is 13.8. The van der Waals surface area contributed by atoms with Gasteiger partial charge in [-0.05, 0) is 30.9 Å². The summed E-state index contributed by atoms with van der Waals surface area (Å²) in [4.78, 5) is 12.9. The fourth-order valence-corrected chi connectivity index (χ4v) is 2.71. The first-order valence-corrected chi connectivity index (χ1v) is 8.34. The normalized spacial score (nSPS) is 14.0. The highest BCUT2D eigenvalue weighted by molar-refractivity contribution is 5.72. The lowest BCUT2D eigenvalue weighted by atomic mass is 10.4. The van der Waals surface area contributed by atoms with Crippen LogP contribution in [0.3, 0.4) is 0 Å². The van der Waals surface area contributed by atoms with E-state index < -0.39 is 0 Å². The van der Waals surface area contributed by atoms with Gasteiger partial charge in [-0.2, -0.15) is 14.8 Å². The molecule has 0 unspecified atom stereocenters. The molecule has 5 rings (SSSR count). The molecule has 0 atom stereocenters. The van der Waals surface area contributed by atoms with Gasteiger partial charge in [0.15, 0.2) is 11.2 Å². The molecule has 10 nitrogen and oxygen atoms in total. The van der Waals surface area contributed by atoms with E-state index in [-0.39, 0.29) is 0 Å². The summed E-state index contributed by atoms with van der Waals surface area (Å²) in [6.45, 7) is 0.961. The van der Waals surface area contributed by atoms with Gasteiger partial charge in [-0.3, -0.25) is 4.68 Å². The number of hydrogen-bond donors (Lipinski definition) is 2. The van der Waals surface area contributed by atoms with Gasteiger partial charge in [-0.1, -0.05) is 5.21 Å². The van der Waals surface area contributed by atoms with E-state index in [0.29, 0.717) is 22.9 Å². The van der Waals surface area contributed by atoms with Crippen molar-refractivity contribution in [1.82, 2.24) is 39.7 Å². The van der Waals surface area contributed by atoms with Gasteiger partial charge < -0.3 is 11.1 Å². The van der Waals surface area contributed by atoms with Crippen LogP contribution in [0.15, 0.2) is 36.9 Å². The molecule has 0 bridgehead atoms. The minimum absolute atomic E-state index is 0.443. The van der Waals surface area contributed by atoms with Crippen LogP contribution >= 0.6 is 0 Å². The standard InChI is InChI=1S/C16H16N10/c17-14-4-3-12(6-18-14)26-15-13(23-24-26)7-19-16(22-15)21-11-5-20-25(9-11)8-10-1-2-10/h3-7,9-10H,1-2,8H2,(H2,17,18)(H,19,21,22). The zero-order chi connectivity index (χ0) is 17.5. The van der Waals surface area contributed by atoms with Crippen LogP contribution in [0.4, 0.5) is 17.5 Å². The maximum atomic E-state index is 5.64. The SMILES string of the molecule is Nc1ccc(-n2nnc3cnc(Nc4cnn(CC5CC5)c4)nc32)cn1. The molecular weight excluding hydrogens is 332 g/mol. The van der Waals surface area contributed by atoms with Crippen molar-refractivity contribution < 1.29 is 0 Å². The van der Waals surface area contributed by atoms with E-state index in [0.717, 1.165) is 23.8 Å². The number of rotatable bonds is 5. The van der Waals surface area contributed by atoms with Crippen LogP contribution in [0.1, 0.15) is 12.8 Å². The third-order valence-corrected chi connectivity index (χ3v) is 4.24. The Morgan fingerprint density at radius 3 is 2.88 bits per heavy atom. The Bertz CT molecular complexity index is 1060. The molecular formula is C16H16N10. The van der Waals surface area contributed by atoms with Crippen molar-refractivity contribution in [2.45, 2.75) is 19.4 Å². The van der Waals surface area contributed by atoms with Crippen molar-refractivity contribution in [1.29, 1.82) is 0 Å². The van der Waals surface area contributed by atoms with E-state index >= 15 is 0 Å². The number of nitrogens with one attached hydrogen (secondary N) is 1. The Balaban J connectivity index is 1.44. The highest BCUT2D eigenvalue weighted by atomic mass is 15.4. The number of fused-ring (bicyclic) bond motifs is 1. The molecule has 0 aliphatic heterocycles. The first-order chi connectivity index (χ1) is 12.7. The molecule has 0 saturated heterocycles. The second-order valence-electron chi connectivity index (χ2n) is 6.36. The van der Waals surface area contributed by atoms with E-state index in [9.17, 15) is 0 Å². The fourth-order valence-electron chi connectivity index (χ4n) is 2.71. The molecule has 4 aromatic heterocycles. The molecule has 26 heavy (non-hydrogen) atoms. The Morgan fingerprint density at radius 2 is 2.08 bits per heavy atom. The van der Waals surface area contributed by atoms with Crippen LogP contribution < -0.4 is 11.1 Å². The van der Waals surface area contributed by atoms with Gasteiger partial charge in [0.05, 0.1) is 30.0 Å². The Labute approximate surface area is 148 Å². The fraction of sp³-hybridized carbons (Fsp3) is 0.250. The second-order valence-corrected chi connectivity index (χ2v) is 6.36. The molecule has 1 fully saturated rings. The van der Waals surface area contributed by atoms with Crippen LogP contribution in [0.5, 0.6) is 0 Å². The summed E-state index contributed by atoms with van der Waals surface area (Å²) in [5.41, 5.74) is 8.39. The summed E-state index contributed by atoms with van der Waals surface area (Å²) in [6, 6.07) is 3.52. The van der Waals surface area contributed by atoms with Gasteiger partial charge in [-0.25, -0.2) is 9.97 Å². The quantitative estimate of drug-likeness (QED) is 0.556.